The van der Waals surface area contributed by atoms with Crippen LogP contribution in [0.1, 0.15) is 20.8 Å². The summed E-state index contributed by atoms with van der Waals surface area (Å²) in [6, 6.07) is 10.8. The summed E-state index contributed by atoms with van der Waals surface area (Å²) in [5, 5.41) is 0.711. The minimum absolute atomic E-state index is 0.143. The lowest BCUT2D eigenvalue weighted by Crippen LogP contribution is -2.49. The first-order valence-corrected chi connectivity index (χ1v) is 8.31. The Labute approximate surface area is 151 Å². The number of piperazine rings is 1. The normalized spacial score (nSPS) is 14.3. The molecule has 0 aliphatic carbocycles. The van der Waals surface area contributed by atoms with E-state index < -0.39 is 5.97 Å². The molecule has 1 aromatic carbocycles. The SMILES string of the molecule is COC(=O)c1ccc(C(=O)N2CCN(c3ccccc3Cl)CC2)nc1. The van der Waals surface area contributed by atoms with E-state index in [9.17, 15) is 9.59 Å². The average molecular weight is 360 g/mol. The number of amides is 1. The molecule has 3 rings (SSSR count). The first kappa shape index (κ1) is 17.2. The van der Waals surface area contributed by atoms with Crippen molar-refractivity contribution in [1.29, 1.82) is 0 Å². The maximum atomic E-state index is 12.6. The summed E-state index contributed by atoms with van der Waals surface area (Å²) in [7, 11) is 1.31. The Kier molecular flexibility index (Phi) is 5.19. The number of anilines is 1. The third-order valence-electron chi connectivity index (χ3n) is 4.16. The van der Waals surface area contributed by atoms with E-state index in [0.717, 1.165) is 5.69 Å². The number of halogens is 1. The lowest BCUT2D eigenvalue weighted by atomic mass is 10.2. The van der Waals surface area contributed by atoms with Gasteiger partial charge in [-0.2, -0.15) is 0 Å². The Morgan fingerprint density at radius 1 is 1.08 bits per heavy atom. The fraction of sp³-hybridized carbons (Fsp3) is 0.278. The first-order valence-electron chi connectivity index (χ1n) is 7.93. The van der Waals surface area contributed by atoms with Gasteiger partial charge in [0.1, 0.15) is 5.69 Å². The van der Waals surface area contributed by atoms with Crippen LogP contribution in [0, 0.1) is 0 Å². The molecule has 0 unspecified atom stereocenters. The molecule has 25 heavy (non-hydrogen) atoms. The second kappa shape index (κ2) is 7.53. The maximum absolute atomic E-state index is 12.6. The van der Waals surface area contributed by atoms with Gasteiger partial charge in [-0.1, -0.05) is 23.7 Å². The number of hydrogen-bond acceptors (Lipinski definition) is 5. The largest absolute Gasteiger partial charge is 0.465 e. The molecule has 0 N–H and O–H groups in total. The van der Waals surface area contributed by atoms with E-state index in [2.05, 4.69) is 14.6 Å². The van der Waals surface area contributed by atoms with Crippen molar-refractivity contribution in [2.24, 2.45) is 0 Å². The number of para-hydroxylation sites is 1. The van der Waals surface area contributed by atoms with Gasteiger partial charge in [0.2, 0.25) is 0 Å². The Hall–Kier alpha value is -2.60. The Balaban J connectivity index is 1.63. The van der Waals surface area contributed by atoms with Crippen molar-refractivity contribution in [3.63, 3.8) is 0 Å². The van der Waals surface area contributed by atoms with E-state index in [4.69, 9.17) is 11.6 Å². The van der Waals surface area contributed by atoms with Gasteiger partial charge in [0.25, 0.3) is 5.91 Å². The van der Waals surface area contributed by atoms with Crippen LogP contribution in [0.2, 0.25) is 5.02 Å². The zero-order chi connectivity index (χ0) is 17.8. The number of esters is 1. The van der Waals surface area contributed by atoms with Gasteiger partial charge in [0.15, 0.2) is 0 Å². The van der Waals surface area contributed by atoms with Gasteiger partial charge < -0.3 is 14.5 Å². The molecule has 2 heterocycles. The number of pyridine rings is 1. The van der Waals surface area contributed by atoms with Gasteiger partial charge >= 0.3 is 5.97 Å². The van der Waals surface area contributed by atoms with Crippen LogP contribution in [-0.4, -0.2) is 55.0 Å². The Bertz CT molecular complexity index is 771. The van der Waals surface area contributed by atoms with Crippen molar-refractivity contribution in [2.75, 3.05) is 38.2 Å². The fourth-order valence-electron chi connectivity index (χ4n) is 2.78. The standard InChI is InChI=1S/C18H18ClN3O3/c1-25-18(24)13-6-7-15(20-12-13)17(23)22-10-8-21(9-11-22)16-5-3-2-4-14(16)19/h2-7,12H,8-11H2,1H3. The van der Waals surface area contributed by atoms with Gasteiger partial charge in [-0.3, -0.25) is 9.78 Å². The second-order valence-corrected chi connectivity index (χ2v) is 6.06. The van der Waals surface area contributed by atoms with Gasteiger partial charge in [0.05, 0.1) is 23.4 Å². The van der Waals surface area contributed by atoms with E-state index in [1.54, 1.807) is 17.0 Å². The number of nitrogens with zero attached hydrogens (tertiary/aromatic N) is 3. The minimum atomic E-state index is -0.472. The van der Waals surface area contributed by atoms with Gasteiger partial charge in [-0.05, 0) is 24.3 Å². The van der Waals surface area contributed by atoms with E-state index in [-0.39, 0.29) is 5.91 Å². The van der Waals surface area contributed by atoms with Crippen molar-refractivity contribution >= 4 is 29.2 Å². The molecule has 1 amide bonds. The number of benzene rings is 1. The van der Waals surface area contributed by atoms with Crippen LogP contribution in [0.4, 0.5) is 5.69 Å². The third kappa shape index (κ3) is 3.74. The number of hydrogen-bond donors (Lipinski definition) is 0. The molecule has 7 heteroatoms. The van der Waals surface area contributed by atoms with E-state index >= 15 is 0 Å². The predicted molar refractivity (Wildman–Crippen MR) is 95.1 cm³/mol. The van der Waals surface area contributed by atoms with E-state index in [0.29, 0.717) is 42.5 Å². The van der Waals surface area contributed by atoms with Crippen molar-refractivity contribution in [3.05, 3.63) is 58.9 Å². The molecule has 0 atom stereocenters. The van der Waals surface area contributed by atoms with Crippen LogP contribution in [-0.2, 0) is 4.74 Å². The van der Waals surface area contributed by atoms with E-state index in [1.807, 2.05) is 24.3 Å². The number of ether oxygens (including phenoxy) is 1. The summed E-state index contributed by atoms with van der Waals surface area (Å²) in [6.07, 6.45) is 1.36. The van der Waals surface area contributed by atoms with Crippen LogP contribution in [0.5, 0.6) is 0 Å². The summed E-state index contributed by atoms with van der Waals surface area (Å²) < 4.78 is 4.63. The molecule has 6 nitrogen and oxygen atoms in total. The highest BCUT2D eigenvalue weighted by atomic mass is 35.5. The van der Waals surface area contributed by atoms with Crippen molar-refractivity contribution in [2.45, 2.75) is 0 Å². The lowest BCUT2D eigenvalue weighted by Gasteiger charge is -2.36. The molecule has 0 bridgehead atoms. The van der Waals surface area contributed by atoms with Gasteiger partial charge in [-0.15, -0.1) is 0 Å². The monoisotopic (exact) mass is 359 g/mol. The zero-order valence-electron chi connectivity index (χ0n) is 13.8. The lowest BCUT2D eigenvalue weighted by molar-refractivity contribution is 0.0599. The Morgan fingerprint density at radius 2 is 1.80 bits per heavy atom. The zero-order valence-corrected chi connectivity index (χ0v) is 14.6. The minimum Gasteiger partial charge on any atom is -0.465 e. The van der Waals surface area contributed by atoms with Crippen LogP contribution in [0.15, 0.2) is 42.6 Å². The summed E-state index contributed by atoms with van der Waals surface area (Å²) in [6.45, 7) is 2.58. The highest BCUT2D eigenvalue weighted by molar-refractivity contribution is 6.33. The smallest absolute Gasteiger partial charge is 0.339 e. The predicted octanol–water partition coefficient (Wildman–Crippen LogP) is 2.48. The van der Waals surface area contributed by atoms with Crippen molar-refractivity contribution < 1.29 is 14.3 Å². The average Bonchev–Trinajstić information content (AvgIpc) is 2.67. The van der Waals surface area contributed by atoms with Gasteiger partial charge in [-0.25, -0.2) is 4.79 Å². The summed E-state index contributed by atoms with van der Waals surface area (Å²) in [5.41, 5.74) is 1.62. The number of aromatic nitrogens is 1. The molecular formula is C18H18ClN3O3. The number of carbonyl (C=O) groups excluding carboxylic acids is 2. The molecular weight excluding hydrogens is 342 g/mol. The quantitative estimate of drug-likeness (QED) is 0.788. The molecule has 2 aromatic rings. The number of carbonyl (C=O) groups is 2. The fourth-order valence-corrected chi connectivity index (χ4v) is 3.03. The summed E-state index contributed by atoms with van der Waals surface area (Å²) in [4.78, 5) is 32.0. The number of rotatable bonds is 3. The second-order valence-electron chi connectivity index (χ2n) is 5.65. The molecule has 1 aliphatic heterocycles. The molecule has 0 radical (unpaired) electrons. The highest BCUT2D eigenvalue weighted by Gasteiger charge is 2.24. The topological polar surface area (TPSA) is 62.7 Å². The van der Waals surface area contributed by atoms with Crippen LogP contribution >= 0.6 is 11.6 Å². The molecule has 1 saturated heterocycles. The maximum Gasteiger partial charge on any atom is 0.339 e. The highest BCUT2D eigenvalue weighted by Crippen LogP contribution is 2.26. The van der Waals surface area contributed by atoms with Gasteiger partial charge in [0, 0.05) is 32.4 Å². The van der Waals surface area contributed by atoms with Crippen LogP contribution < -0.4 is 4.90 Å². The molecule has 0 spiro atoms. The molecule has 0 saturated carbocycles. The Morgan fingerprint density at radius 3 is 2.40 bits per heavy atom. The molecule has 1 aliphatic rings. The van der Waals surface area contributed by atoms with Crippen molar-refractivity contribution in [3.8, 4) is 0 Å². The first-order chi connectivity index (χ1) is 12.1. The molecule has 1 fully saturated rings. The van der Waals surface area contributed by atoms with Crippen LogP contribution in [0.3, 0.4) is 0 Å². The molecule has 130 valence electrons. The van der Waals surface area contributed by atoms with E-state index in [1.165, 1.54) is 13.3 Å². The number of methoxy groups -OCH3 is 1. The van der Waals surface area contributed by atoms with Crippen molar-refractivity contribution in [1.82, 2.24) is 9.88 Å². The van der Waals surface area contributed by atoms with Crippen LogP contribution in [0.25, 0.3) is 0 Å². The molecule has 1 aromatic heterocycles. The summed E-state index contributed by atoms with van der Waals surface area (Å²) >= 11 is 6.23. The third-order valence-corrected chi connectivity index (χ3v) is 4.48. The summed E-state index contributed by atoms with van der Waals surface area (Å²) in [5.74, 6) is -0.616.